The molecule has 4 rings (SSSR count). The number of carbonyl (C=O) groups excluding carboxylic acids is 3. The number of hydrogen-bond donors (Lipinski definition) is 1. The fourth-order valence-electron chi connectivity index (χ4n) is 4.44. The second-order valence-corrected chi connectivity index (χ2v) is 11.9. The van der Waals surface area contributed by atoms with Crippen LogP contribution >= 0.6 is 23.2 Å². The van der Waals surface area contributed by atoms with E-state index in [1.807, 2.05) is 20.8 Å². The third-order valence-corrected chi connectivity index (χ3v) is 7.26. The summed E-state index contributed by atoms with van der Waals surface area (Å²) >= 11 is 12.3. The quantitative estimate of drug-likeness (QED) is 0.293. The number of carbonyl (C=O) groups is 3. The zero-order valence-electron chi connectivity index (χ0n) is 25.2. The molecular weight excluding hydrogens is 599 g/mol. The number of nitrogens with one attached hydrogen (secondary N) is 1. The van der Waals surface area contributed by atoms with Crippen molar-refractivity contribution >= 4 is 41.2 Å². The zero-order valence-corrected chi connectivity index (χ0v) is 26.8. The van der Waals surface area contributed by atoms with Gasteiger partial charge in [0.2, 0.25) is 0 Å². The molecule has 12 heteroatoms. The SMILES string of the molecule is COC(=O)c1ccc(OC2CCN(C(=O)OC(C)(C)C)CC2)c(Cl)c1.COC(=O)c1ccc(OC2CCNCC2)c(Cl)c1. The number of amides is 1. The van der Waals surface area contributed by atoms with Crippen LogP contribution < -0.4 is 14.8 Å². The van der Waals surface area contributed by atoms with Crippen LogP contribution in [0.3, 0.4) is 0 Å². The Bertz CT molecular complexity index is 1250. The molecule has 1 amide bonds. The first-order chi connectivity index (χ1) is 20.4. The van der Waals surface area contributed by atoms with Gasteiger partial charge in [0, 0.05) is 25.9 Å². The molecule has 2 aromatic carbocycles. The van der Waals surface area contributed by atoms with Crippen molar-refractivity contribution in [3.05, 3.63) is 57.6 Å². The van der Waals surface area contributed by atoms with Gasteiger partial charge in [-0.1, -0.05) is 23.2 Å². The minimum Gasteiger partial charge on any atom is -0.489 e. The first kappa shape index (κ1) is 34.3. The molecule has 0 radical (unpaired) electrons. The zero-order chi connectivity index (χ0) is 31.6. The maximum absolute atomic E-state index is 12.1. The van der Waals surface area contributed by atoms with Crippen LogP contribution in [-0.2, 0) is 14.2 Å². The lowest BCUT2D eigenvalue weighted by Gasteiger charge is -2.33. The van der Waals surface area contributed by atoms with Crippen LogP contribution in [0.1, 0.15) is 67.2 Å². The molecule has 2 fully saturated rings. The average molecular weight is 640 g/mol. The predicted octanol–water partition coefficient (Wildman–Crippen LogP) is 6.16. The maximum atomic E-state index is 12.1. The van der Waals surface area contributed by atoms with Gasteiger partial charge in [-0.25, -0.2) is 14.4 Å². The molecule has 0 aliphatic carbocycles. The summed E-state index contributed by atoms with van der Waals surface area (Å²) in [6.45, 7) is 8.60. The number of likely N-dealkylation sites (tertiary alicyclic amines) is 1. The molecule has 10 nitrogen and oxygen atoms in total. The number of rotatable bonds is 6. The number of benzene rings is 2. The number of hydrogen-bond acceptors (Lipinski definition) is 9. The first-order valence-corrected chi connectivity index (χ1v) is 14.9. The fourth-order valence-corrected chi connectivity index (χ4v) is 4.89. The van der Waals surface area contributed by atoms with Crippen molar-refractivity contribution in [2.75, 3.05) is 40.4 Å². The van der Waals surface area contributed by atoms with Gasteiger partial charge in [0.1, 0.15) is 29.3 Å². The highest BCUT2D eigenvalue weighted by atomic mass is 35.5. The van der Waals surface area contributed by atoms with Crippen molar-refractivity contribution in [1.29, 1.82) is 0 Å². The number of esters is 2. The second kappa shape index (κ2) is 16.0. The number of nitrogens with zero attached hydrogens (tertiary/aromatic N) is 1. The lowest BCUT2D eigenvalue weighted by molar-refractivity contribution is 0.0126. The Hall–Kier alpha value is -3.21. The van der Waals surface area contributed by atoms with Gasteiger partial charge in [-0.05, 0) is 83.1 Å². The average Bonchev–Trinajstić information content (AvgIpc) is 2.98. The highest BCUT2D eigenvalue weighted by Gasteiger charge is 2.28. The van der Waals surface area contributed by atoms with E-state index >= 15 is 0 Å². The highest BCUT2D eigenvalue weighted by Crippen LogP contribution is 2.30. The van der Waals surface area contributed by atoms with Crippen LogP contribution in [0, 0.1) is 0 Å². The van der Waals surface area contributed by atoms with E-state index < -0.39 is 17.5 Å². The van der Waals surface area contributed by atoms with Crippen LogP contribution in [0.5, 0.6) is 11.5 Å². The molecule has 1 N–H and O–H groups in total. The van der Waals surface area contributed by atoms with E-state index in [9.17, 15) is 14.4 Å². The summed E-state index contributed by atoms with van der Waals surface area (Å²) in [7, 11) is 2.66. The maximum Gasteiger partial charge on any atom is 0.410 e. The van der Waals surface area contributed by atoms with E-state index in [-0.39, 0.29) is 18.3 Å². The van der Waals surface area contributed by atoms with Crippen LogP contribution in [0.15, 0.2) is 36.4 Å². The third-order valence-electron chi connectivity index (χ3n) is 6.67. The largest absolute Gasteiger partial charge is 0.489 e. The highest BCUT2D eigenvalue weighted by molar-refractivity contribution is 6.32. The lowest BCUT2D eigenvalue weighted by atomic mass is 10.1. The van der Waals surface area contributed by atoms with E-state index in [1.54, 1.807) is 35.2 Å². The van der Waals surface area contributed by atoms with E-state index in [2.05, 4.69) is 14.8 Å². The Balaban J connectivity index is 0.000000248. The number of methoxy groups -OCH3 is 2. The summed E-state index contributed by atoms with van der Waals surface area (Å²) in [6.07, 6.45) is 3.16. The molecule has 0 aromatic heterocycles. The Morgan fingerprint density at radius 1 is 0.767 bits per heavy atom. The van der Waals surface area contributed by atoms with Crippen molar-refractivity contribution in [3.63, 3.8) is 0 Å². The predicted molar refractivity (Wildman–Crippen MR) is 164 cm³/mol. The normalized spacial score (nSPS) is 15.9. The van der Waals surface area contributed by atoms with E-state index in [0.717, 1.165) is 25.9 Å². The minimum absolute atomic E-state index is 0.0415. The standard InChI is InChI=1S/C18H24ClNO5.C13H16ClNO3/c1-18(2,3)25-17(22)20-9-7-13(8-10-20)24-15-6-5-12(11-14(15)19)16(21)23-4;1-17-13(16)9-2-3-12(11(14)8-9)18-10-4-6-15-7-5-10/h5-6,11,13H,7-10H2,1-4H3;2-3,8,10,15H,4-7H2,1H3. The van der Waals surface area contributed by atoms with Crippen LogP contribution in [0.2, 0.25) is 10.0 Å². The molecule has 0 saturated carbocycles. The second-order valence-electron chi connectivity index (χ2n) is 11.1. The van der Waals surface area contributed by atoms with Gasteiger partial charge in [-0.3, -0.25) is 0 Å². The van der Waals surface area contributed by atoms with Crippen LogP contribution in [0.4, 0.5) is 4.79 Å². The Kier molecular flexibility index (Phi) is 12.8. The van der Waals surface area contributed by atoms with Crippen molar-refractivity contribution in [2.45, 2.75) is 64.3 Å². The molecule has 0 atom stereocenters. The van der Waals surface area contributed by atoms with E-state index in [1.165, 1.54) is 20.3 Å². The molecule has 2 aliphatic heterocycles. The van der Waals surface area contributed by atoms with Crippen LogP contribution in [0.25, 0.3) is 0 Å². The molecule has 2 aromatic rings. The molecule has 236 valence electrons. The Labute approximate surface area is 262 Å². The summed E-state index contributed by atoms with van der Waals surface area (Å²) in [5.41, 5.74) is 0.305. The molecule has 0 spiro atoms. The molecular formula is C31H40Cl2N2O8. The van der Waals surface area contributed by atoms with Crippen molar-refractivity contribution in [1.82, 2.24) is 10.2 Å². The van der Waals surface area contributed by atoms with Gasteiger partial charge in [0.05, 0.1) is 35.4 Å². The molecule has 0 unspecified atom stereocenters. The molecule has 2 heterocycles. The van der Waals surface area contributed by atoms with Crippen molar-refractivity contribution in [3.8, 4) is 11.5 Å². The summed E-state index contributed by atoms with van der Waals surface area (Å²) in [6, 6.07) is 9.75. The number of halogens is 2. The van der Waals surface area contributed by atoms with Gasteiger partial charge in [0.25, 0.3) is 0 Å². The van der Waals surface area contributed by atoms with Gasteiger partial charge >= 0.3 is 18.0 Å². The molecule has 2 saturated heterocycles. The molecule has 0 bridgehead atoms. The van der Waals surface area contributed by atoms with Gasteiger partial charge in [-0.2, -0.15) is 0 Å². The third kappa shape index (κ3) is 10.8. The lowest BCUT2D eigenvalue weighted by Crippen LogP contribution is -2.44. The smallest absolute Gasteiger partial charge is 0.410 e. The van der Waals surface area contributed by atoms with Gasteiger partial charge in [-0.15, -0.1) is 0 Å². The van der Waals surface area contributed by atoms with Gasteiger partial charge in [0.15, 0.2) is 0 Å². The Morgan fingerprint density at radius 3 is 1.60 bits per heavy atom. The summed E-state index contributed by atoms with van der Waals surface area (Å²) in [4.78, 5) is 36.6. The van der Waals surface area contributed by atoms with E-state index in [0.29, 0.717) is 58.6 Å². The fraction of sp³-hybridized carbons (Fsp3) is 0.516. The Morgan fingerprint density at radius 2 is 1.21 bits per heavy atom. The molecule has 2 aliphatic rings. The van der Waals surface area contributed by atoms with Crippen molar-refractivity contribution < 1.29 is 38.1 Å². The summed E-state index contributed by atoms with van der Waals surface area (Å²) in [5, 5.41) is 4.07. The number of piperidine rings is 2. The number of ether oxygens (including phenoxy) is 5. The monoisotopic (exact) mass is 638 g/mol. The van der Waals surface area contributed by atoms with Crippen LogP contribution in [-0.4, -0.2) is 81.1 Å². The topological polar surface area (TPSA) is 113 Å². The van der Waals surface area contributed by atoms with E-state index in [4.69, 9.17) is 37.4 Å². The molecule has 43 heavy (non-hydrogen) atoms. The van der Waals surface area contributed by atoms with Crippen molar-refractivity contribution in [2.24, 2.45) is 0 Å². The van der Waals surface area contributed by atoms with Gasteiger partial charge < -0.3 is 33.9 Å². The summed E-state index contributed by atoms with van der Waals surface area (Å²) < 4.78 is 26.4. The first-order valence-electron chi connectivity index (χ1n) is 14.2. The minimum atomic E-state index is -0.501. The summed E-state index contributed by atoms with van der Waals surface area (Å²) in [5.74, 6) is 0.297.